The monoisotopic (exact) mass is 310 g/mol. The smallest absolute Gasteiger partial charge is 0.330 e. The van der Waals surface area contributed by atoms with Gasteiger partial charge >= 0.3 is 6.18 Å². The van der Waals surface area contributed by atoms with E-state index in [-0.39, 0.29) is 11.4 Å². The number of rotatable bonds is 6. The number of halogens is 3. The molecule has 0 saturated carbocycles. The van der Waals surface area contributed by atoms with Gasteiger partial charge in [-0.05, 0) is 44.0 Å². The second kappa shape index (κ2) is 6.45. The van der Waals surface area contributed by atoms with E-state index in [0.717, 1.165) is 12.1 Å². The minimum Gasteiger partial charge on any atom is -0.330 e. The molecule has 0 saturated heterocycles. The number of nitrogens with one attached hydrogen (secondary N) is 1. The van der Waals surface area contributed by atoms with E-state index in [9.17, 15) is 21.6 Å². The molecule has 1 rings (SSSR count). The van der Waals surface area contributed by atoms with Gasteiger partial charge in [0.15, 0.2) is 0 Å². The van der Waals surface area contributed by atoms with E-state index in [2.05, 4.69) is 4.72 Å². The quantitative estimate of drug-likeness (QED) is 0.793. The van der Waals surface area contributed by atoms with Gasteiger partial charge in [0.05, 0.1) is 17.0 Å². The number of sulfonamides is 1. The molecule has 1 aromatic carbocycles. The minimum atomic E-state index is -4.51. The van der Waals surface area contributed by atoms with Crippen LogP contribution in [-0.4, -0.2) is 20.7 Å². The van der Waals surface area contributed by atoms with E-state index in [0.29, 0.717) is 24.9 Å². The van der Waals surface area contributed by atoms with Crippen molar-refractivity contribution >= 4 is 15.7 Å². The van der Waals surface area contributed by atoms with Crippen LogP contribution >= 0.6 is 0 Å². The summed E-state index contributed by atoms with van der Waals surface area (Å²) in [6.07, 6.45) is -3.60. The first-order valence-corrected chi connectivity index (χ1v) is 7.69. The molecular formula is C12H17F3N2O2S. The first kappa shape index (κ1) is 16.8. The fraction of sp³-hybridized carbons (Fsp3) is 0.500. The van der Waals surface area contributed by atoms with Crippen LogP contribution in [0.2, 0.25) is 0 Å². The molecule has 1 aromatic rings. The van der Waals surface area contributed by atoms with Gasteiger partial charge in [0.2, 0.25) is 10.0 Å². The lowest BCUT2D eigenvalue weighted by Gasteiger charge is -2.13. The molecule has 0 heterocycles. The van der Waals surface area contributed by atoms with Crippen LogP contribution in [0.25, 0.3) is 0 Å². The largest absolute Gasteiger partial charge is 0.416 e. The zero-order chi connectivity index (χ0) is 15.4. The summed E-state index contributed by atoms with van der Waals surface area (Å²) < 4.78 is 63.5. The maximum atomic E-state index is 12.6. The minimum absolute atomic E-state index is 0.0485. The molecule has 0 atom stereocenters. The Kier molecular flexibility index (Phi) is 5.41. The number of alkyl halides is 3. The van der Waals surface area contributed by atoms with Crippen molar-refractivity contribution in [2.45, 2.75) is 25.9 Å². The molecule has 0 unspecified atom stereocenters. The molecule has 0 aromatic heterocycles. The lowest BCUT2D eigenvalue weighted by atomic mass is 10.1. The van der Waals surface area contributed by atoms with Crippen molar-refractivity contribution in [2.24, 2.45) is 5.73 Å². The van der Waals surface area contributed by atoms with Gasteiger partial charge < -0.3 is 5.73 Å². The third-order valence-electron chi connectivity index (χ3n) is 2.70. The maximum Gasteiger partial charge on any atom is 0.416 e. The van der Waals surface area contributed by atoms with Crippen LogP contribution in [0, 0.1) is 6.92 Å². The van der Waals surface area contributed by atoms with Gasteiger partial charge in [-0.3, -0.25) is 4.72 Å². The first-order chi connectivity index (χ1) is 9.15. The Balaban J connectivity index is 2.91. The molecule has 0 spiro atoms. The molecule has 0 radical (unpaired) electrons. The van der Waals surface area contributed by atoms with Crippen LogP contribution in [0.1, 0.15) is 24.0 Å². The van der Waals surface area contributed by atoms with E-state index in [1.165, 1.54) is 13.0 Å². The van der Waals surface area contributed by atoms with Gasteiger partial charge in [0, 0.05) is 0 Å². The Hall–Kier alpha value is -1.28. The summed E-state index contributed by atoms with van der Waals surface area (Å²) in [5, 5.41) is 0. The molecule has 0 aliphatic heterocycles. The maximum absolute atomic E-state index is 12.6. The standard InChI is InChI=1S/C12H17F3N2O2S/c1-9-4-5-10(12(13,14)15)8-11(9)17-20(18,19)7-3-2-6-16/h4-5,8,17H,2-3,6-7,16H2,1H3. The molecule has 3 N–H and O–H groups in total. The fourth-order valence-corrected chi connectivity index (χ4v) is 2.80. The molecule has 0 aliphatic rings. The van der Waals surface area contributed by atoms with Crippen molar-refractivity contribution in [1.29, 1.82) is 0 Å². The number of hydrogen-bond acceptors (Lipinski definition) is 3. The summed E-state index contributed by atoms with van der Waals surface area (Å²) in [4.78, 5) is 0. The molecule has 0 aliphatic carbocycles. The Morgan fingerprint density at radius 3 is 2.45 bits per heavy atom. The second-order valence-electron chi connectivity index (χ2n) is 4.44. The van der Waals surface area contributed by atoms with E-state index < -0.39 is 21.8 Å². The van der Waals surface area contributed by atoms with E-state index >= 15 is 0 Å². The Bertz CT molecular complexity index is 556. The highest BCUT2D eigenvalue weighted by Gasteiger charge is 2.31. The summed E-state index contributed by atoms with van der Waals surface area (Å²) in [5.74, 6) is -0.167. The number of hydrogen-bond donors (Lipinski definition) is 2. The van der Waals surface area contributed by atoms with Crippen molar-refractivity contribution in [2.75, 3.05) is 17.0 Å². The molecule has 8 heteroatoms. The Morgan fingerprint density at radius 1 is 1.25 bits per heavy atom. The predicted octanol–water partition coefficient (Wildman–Crippen LogP) is 2.49. The van der Waals surface area contributed by atoms with Crippen molar-refractivity contribution < 1.29 is 21.6 Å². The van der Waals surface area contributed by atoms with Crippen molar-refractivity contribution in [3.8, 4) is 0 Å². The zero-order valence-corrected chi connectivity index (χ0v) is 11.8. The van der Waals surface area contributed by atoms with E-state index in [1.54, 1.807) is 0 Å². The molecule has 0 fully saturated rings. The number of benzene rings is 1. The summed E-state index contributed by atoms with van der Waals surface area (Å²) in [6, 6.07) is 2.96. The van der Waals surface area contributed by atoms with Gasteiger partial charge in [-0.25, -0.2) is 8.42 Å². The van der Waals surface area contributed by atoms with E-state index in [1.807, 2.05) is 0 Å². The highest BCUT2D eigenvalue weighted by Crippen LogP contribution is 2.32. The fourth-order valence-electron chi connectivity index (χ4n) is 1.56. The second-order valence-corrected chi connectivity index (χ2v) is 6.29. The number of unbranched alkanes of at least 4 members (excludes halogenated alkanes) is 1. The molecule has 0 bridgehead atoms. The zero-order valence-electron chi connectivity index (χ0n) is 11.0. The van der Waals surface area contributed by atoms with Gasteiger partial charge in [0.25, 0.3) is 0 Å². The van der Waals surface area contributed by atoms with Gasteiger partial charge in [0.1, 0.15) is 0 Å². The lowest BCUT2D eigenvalue weighted by Crippen LogP contribution is -2.18. The predicted molar refractivity (Wildman–Crippen MR) is 71.9 cm³/mol. The summed E-state index contributed by atoms with van der Waals surface area (Å²) >= 11 is 0. The lowest BCUT2D eigenvalue weighted by molar-refractivity contribution is -0.137. The van der Waals surface area contributed by atoms with Crippen LogP contribution in [0.3, 0.4) is 0 Å². The Morgan fingerprint density at radius 2 is 1.90 bits per heavy atom. The summed E-state index contributed by atoms with van der Waals surface area (Å²) in [7, 11) is -3.66. The van der Waals surface area contributed by atoms with Gasteiger partial charge in [-0.15, -0.1) is 0 Å². The molecule has 20 heavy (non-hydrogen) atoms. The number of aryl methyl sites for hydroxylation is 1. The summed E-state index contributed by atoms with van der Waals surface area (Å²) in [5.41, 5.74) is 4.76. The van der Waals surface area contributed by atoms with Gasteiger partial charge in [-0.2, -0.15) is 13.2 Å². The average molecular weight is 310 g/mol. The molecule has 0 amide bonds. The summed E-state index contributed by atoms with van der Waals surface area (Å²) in [6.45, 7) is 1.91. The normalized spacial score (nSPS) is 12.4. The molecule has 4 nitrogen and oxygen atoms in total. The van der Waals surface area contributed by atoms with Crippen LogP contribution in [0.4, 0.5) is 18.9 Å². The molecular weight excluding hydrogens is 293 g/mol. The van der Waals surface area contributed by atoms with Crippen LogP contribution in [0.5, 0.6) is 0 Å². The third-order valence-corrected chi connectivity index (χ3v) is 4.05. The van der Waals surface area contributed by atoms with Crippen LogP contribution in [0.15, 0.2) is 18.2 Å². The highest BCUT2D eigenvalue weighted by molar-refractivity contribution is 7.92. The van der Waals surface area contributed by atoms with Gasteiger partial charge in [-0.1, -0.05) is 6.07 Å². The number of nitrogens with two attached hydrogens (primary N) is 1. The third kappa shape index (κ3) is 5.01. The van der Waals surface area contributed by atoms with Crippen LogP contribution in [-0.2, 0) is 16.2 Å². The molecule has 114 valence electrons. The van der Waals surface area contributed by atoms with Crippen molar-refractivity contribution in [3.63, 3.8) is 0 Å². The first-order valence-electron chi connectivity index (χ1n) is 6.04. The van der Waals surface area contributed by atoms with E-state index in [4.69, 9.17) is 5.73 Å². The Labute approximate surface area is 116 Å². The van der Waals surface area contributed by atoms with Crippen molar-refractivity contribution in [3.05, 3.63) is 29.3 Å². The SMILES string of the molecule is Cc1ccc(C(F)(F)F)cc1NS(=O)(=O)CCCCN. The highest BCUT2D eigenvalue weighted by atomic mass is 32.2. The topological polar surface area (TPSA) is 72.2 Å². The van der Waals surface area contributed by atoms with Crippen LogP contribution < -0.4 is 10.5 Å². The average Bonchev–Trinajstić information content (AvgIpc) is 2.30. The number of anilines is 1. The van der Waals surface area contributed by atoms with Crippen molar-refractivity contribution in [1.82, 2.24) is 0 Å².